The summed E-state index contributed by atoms with van der Waals surface area (Å²) in [6, 6.07) is 8.28. The van der Waals surface area contributed by atoms with Crippen LogP contribution in [0, 0.1) is 25.6 Å². The molecule has 0 unspecified atom stereocenters. The lowest BCUT2D eigenvalue weighted by atomic mass is 9.97. The standard InChI is InChI=1S/C27H30ClFN4O4S/c1-4-33(25(34)20-6-5-7-21(28)22(20)29)27-31-30-24(38-27)19-14-16(2)23(17(3)15-19)37-13-12-32-10-8-18(9-11-32)26(35)36/h5-7,14-15,18H,4,8-13H2,1-3H3,(H,35,36). The molecule has 2 heterocycles. The van der Waals surface area contributed by atoms with Crippen LogP contribution in [0.15, 0.2) is 30.3 Å². The van der Waals surface area contributed by atoms with Crippen LogP contribution in [0.4, 0.5) is 9.52 Å². The number of benzene rings is 2. The van der Waals surface area contributed by atoms with E-state index in [0.717, 1.165) is 42.1 Å². The molecule has 8 nitrogen and oxygen atoms in total. The van der Waals surface area contributed by atoms with Crippen LogP contribution in [0.2, 0.25) is 5.02 Å². The number of amides is 1. The number of carbonyl (C=O) groups is 2. The summed E-state index contributed by atoms with van der Waals surface area (Å²) in [4.78, 5) is 27.8. The number of carboxylic acids is 1. The van der Waals surface area contributed by atoms with Gasteiger partial charge in [0.15, 0.2) is 5.82 Å². The molecule has 38 heavy (non-hydrogen) atoms. The number of hydrogen-bond acceptors (Lipinski definition) is 7. The normalized spacial score (nSPS) is 14.4. The van der Waals surface area contributed by atoms with Crippen molar-refractivity contribution < 1.29 is 23.8 Å². The second-order valence-electron chi connectivity index (χ2n) is 9.28. The first-order valence-corrected chi connectivity index (χ1v) is 13.7. The minimum Gasteiger partial charge on any atom is -0.492 e. The molecule has 0 aliphatic carbocycles. The molecule has 1 aliphatic rings. The number of rotatable bonds is 9. The highest BCUT2D eigenvalue weighted by Gasteiger charge is 2.25. The van der Waals surface area contributed by atoms with E-state index in [4.69, 9.17) is 21.4 Å². The van der Waals surface area contributed by atoms with E-state index in [-0.39, 0.29) is 23.0 Å². The molecule has 0 bridgehead atoms. The number of halogens is 2. The van der Waals surface area contributed by atoms with Crippen LogP contribution in [-0.2, 0) is 4.79 Å². The SMILES string of the molecule is CCN(C(=O)c1cccc(Cl)c1F)c1nnc(-c2cc(C)c(OCCN3CCC(C(=O)O)CC3)c(C)c2)s1. The van der Waals surface area contributed by atoms with Crippen molar-refractivity contribution in [3.8, 4) is 16.3 Å². The van der Waals surface area contributed by atoms with Crippen LogP contribution >= 0.6 is 22.9 Å². The maximum atomic E-state index is 14.5. The molecule has 0 radical (unpaired) electrons. The Balaban J connectivity index is 1.43. The monoisotopic (exact) mass is 560 g/mol. The van der Waals surface area contributed by atoms with E-state index in [9.17, 15) is 14.0 Å². The summed E-state index contributed by atoms with van der Waals surface area (Å²) in [5, 5.41) is 18.6. The van der Waals surface area contributed by atoms with Gasteiger partial charge in [0.25, 0.3) is 5.91 Å². The number of anilines is 1. The lowest BCUT2D eigenvalue weighted by molar-refractivity contribution is -0.143. The van der Waals surface area contributed by atoms with Gasteiger partial charge in [-0.25, -0.2) is 4.39 Å². The molecule has 3 aromatic rings. The average molecular weight is 561 g/mol. The van der Waals surface area contributed by atoms with E-state index in [0.29, 0.717) is 29.6 Å². The fraction of sp³-hybridized carbons (Fsp3) is 0.407. The second-order valence-corrected chi connectivity index (χ2v) is 10.6. The van der Waals surface area contributed by atoms with Crippen molar-refractivity contribution in [3.05, 3.63) is 57.9 Å². The molecule has 1 fully saturated rings. The zero-order chi connectivity index (χ0) is 27.4. The maximum absolute atomic E-state index is 14.5. The van der Waals surface area contributed by atoms with E-state index in [1.54, 1.807) is 6.92 Å². The van der Waals surface area contributed by atoms with Crippen molar-refractivity contribution in [3.63, 3.8) is 0 Å². The van der Waals surface area contributed by atoms with Crippen molar-refractivity contribution in [2.45, 2.75) is 33.6 Å². The van der Waals surface area contributed by atoms with Crippen molar-refractivity contribution in [1.29, 1.82) is 0 Å². The number of hydrogen-bond donors (Lipinski definition) is 1. The van der Waals surface area contributed by atoms with Gasteiger partial charge < -0.3 is 9.84 Å². The number of carboxylic acid groups (broad SMARTS) is 1. The molecule has 11 heteroatoms. The predicted molar refractivity (Wildman–Crippen MR) is 146 cm³/mol. The second kappa shape index (κ2) is 12.2. The smallest absolute Gasteiger partial charge is 0.306 e. The number of piperidine rings is 1. The van der Waals surface area contributed by atoms with E-state index in [1.807, 2.05) is 26.0 Å². The third-order valence-corrected chi connectivity index (χ3v) is 7.97. The van der Waals surface area contributed by atoms with Gasteiger partial charge in [-0.15, -0.1) is 10.2 Å². The Bertz CT molecular complexity index is 1300. The topological polar surface area (TPSA) is 95.9 Å². The Labute approximate surface area is 230 Å². The van der Waals surface area contributed by atoms with Gasteiger partial charge in [0.2, 0.25) is 5.13 Å². The Morgan fingerprint density at radius 2 is 1.89 bits per heavy atom. The summed E-state index contributed by atoms with van der Waals surface area (Å²) < 4.78 is 20.6. The van der Waals surface area contributed by atoms with Crippen molar-refractivity contribution in [2.75, 3.05) is 37.7 Å². The van der Waals surface area contributed by atoms with Gasteiger partial charge in [-0.05, 0) is 82.1 Å². The maximum Gasteiger partial charge on any atom is 0.306 e. The summed E-state index contributed by atoms with van der Waals surface area (Å²) in [6.07, 6.45) is 1.34. The molecular weight excluding hydrogens is 531 g/mol. The zero-order valence-corrected chi connectivity index (χ0v) is 23.1. The lowest BCUT2D eigenvalue weighted by Gasteiger charge is -2.30. The van der Waals surface area contributed by atoms with Gasteiger partial charge in [-0.2, -0.15) is 0 Å². The largest absolute Gasteiger partial charge is 0.492 e. The number of aromatic nitrogens is 2. The van der Waals surface area contributed by atoms with Gasteiger partial charge in [-0.3, -0.25) is 19.4 Å². The Kier molecular flexibility index (Phi) is 8.96. The van der Waals surface area contributed by atoms with Crippen LogP contribution in [0.3, 0.4) is 0 Å². The van der Waals surface area contributed by atoms with Gasteiger partial charge in [0.1, 0.15) is 17.4 Å². The fourth-order valence-electron chi connectivity index (χ4n) is 4.60. The van der Waals surface area contributed by atoms with Gasteiger partial charge >= 0.3 is 5.97 Å². The first-order valence-electron chi connectivity index (χ1n) is 12.5. The molecule has 1 N–H and O–H groups in total. The summed E-state index contributed by atoms with van der Waals surface area (Å²) in [5.74, 6) is -1.43. The van der Waals surface area contributed by atoms with E-state index in [2.05, 4.69) is 15.1 Å². The average Bonchev–Trinajstić information content (AvgIpc) is 3.37. The first kappa shape index (κ1) is 27.9. The van der Waals surface area contributed by atoms with Crippen LogP contribution in [0.1, 0.15) is 41.3 Å². The predicted octanol–water partition coefficient (Wildman–Crippen LogP) is 5.46. The summed E-state index contributed by atoms with van der Waals surface area (Å²) in [5.41, 5.74) is 2.64. The number of aliphatic carboxylic acids is 1. The molecule has 1 saturated heterocycles. The van der Waals surface area contributed by atoms with Gasteiger partial charge in [-0.1, -0.05) is 29.0 Å². The Morgan fingerprint density at radius 3 is 2.53 bits per heavy atom. The van der Waals surface area contributed by atoms with E-state index < -0.39 is 17.7 Å². The molecule has 1 amide bonds. The quantitative estimate of drug-likeness (QED) is 0.371. The Morgan fingerprint density at radius 1 is 1.21 bits per heavy atom. The highest BCUT2D eigenvalue weighted by molar-refractivity contribution is 7.18. The molecule has 0 saturated carbocycles. The molecular formula is C27H30ClFN4O4S. The number of carbonyl (C=O) groups excluding carboxylic acids is 1. The van der Waals surface area contributed by atoms with Gasteiger partial charge in [0, 0.05) is 18.7 Å². The highest BCUT2D eigenvalue weighted by Crippen LogP contribution is 2.34. The molecule has 1 aromatic heterocycles. The van der Waals surface area contributed by atoms with Crippen LogP contribution in [-0.4, -0.2) is 64.9 Å². The third kappa shape index (κ3) is 6.14. The van der Waals surface area contributed by atoms with Crippen molar-refractivity contribution in [2.24, 2.45) is 5.92 Å². The van der Waals surface area contributed by atoms with Crippen molar-refractivity contribution in [1.82, 2.24) is 15.1 Å². The summed E-state index contributed by atoms with van der Waals surface area (Å²) >= 11 is 7.11. The van der Waals surface area contributed by atoms with Crippen LogP contribution in [0.5, 0.6) is 5.75 Å². The van der Waals surface area contributed by atoms with Crippen molar-refractivity contribution >= 4 is 39.9 Å². The number of nitrogens with zero attached hydrogens (tertiary/aromatic N) is 4. The molecule has 2 aromatic carbocycles. The fourth-order valence-corrected chi connectivity index (χ4v) is 5.67. The molecule has 0 atom stereocenters. The Hall–Kier alpha value is -3.08. The summed E-state index contributed by atoms with van der Waals surface area (Å²) in [6.45, 7) is 8.78. The van der Waals surface area contributed by atoms with Crippen LogP contribution in [0.25, 0.3) is 10.6 Å². The minimum absolute atomic E-state index is 0.110. The third-order valence-electron chi connectivity index (χ3n) is 6.69. The van der Waals surface area contributed by atoms with Gasteiger partial charge in [0.05, 0.1) is 16.5 Å². The summed E-state index contributed by atoms with van der Waals surface area (Å²) in [7, 11) is 0. The number of aryl methyl sites for hydroxylation is 2. The van der Waals surface area contributed by atoms with Crippen LogP contribution < -0.4 is 9.64 Å². The lowest BCUT2D eigenvalue weighted by Crippen LogP contribution is -2.38. The molecule has 202 valence electrons. The first-order chi connectivity index (χ1) is 18.2. The number of likely N-dealkylation sites (tertiary alicyclic amines) is 1. The van der Waals surface area contributed by atoms with E-state index >= 15 is 0 Å². The minimum atomic E-state index is -0.756. The molecule has 0 spiro atoms. The number of ether oxygens (including phenoxy) is 1. The van der Waals surface area contributed by atoms with E-state index in [1.165, 1.54) is 34.4 Å². The molecule has 1 aliphatic heterocycles. The zero-order valence-electron chi connectivity index (χ0n) is 21.5. The highest BCUT2D eigenvalue weighted by atomic mass is 35.5. The molecule has 4 rings (SSSR count).